The molecular formula is C12H16N4O3S. The normalized spacial score (nSPS) is 11.3. The second-order valence-electron chi connectivity index (χ2n) is 4.16. The average molecular weight is 296 g/mol. The van der Waals surface area contributed by atoms with E-state index in [2.05, 4.69) is 19.9 Å². The second-order valence-corrected chi connectivity index (χ2v) is 5.78. The smallest absolute Gasteiger partial charge is 0.265 e. The standard InChI is InChI=1S/C12H16N4O3S/c1-4-19-12-10(6-5-7-13-12)16-20(17,18)11-8(2)14-15-9(11)3/h5-7,16H,4H2,1-3H3,(H,14,15). The highest BCUT2D eigenvalue weighted by molar-refractivity contribution is 7.92. The Hall–Kier alpha value is -2.09. The molecule has 108 valence electrons. The minimum atomic E-state index is -3.74. The Balaban J connectivity index is 2.39. The van der Waals surface area contributed by atoms with Crippen molar-refractivity contribution in [3.05, 3.63) is 29.7 Å². The number of anilines is 1. The summed E-state index contributed by atoms with van der Waals surface area (Å²) >= 11 is 0. The molecule has 0 unspecified atom stereocenters. The lowest BCUT2D eigenvalue weighted by Crippen LogP contribution is -2.15. The fourth-order valence-corrected chi connectivity index (χ4v) is 3.28. The molecule has 0 aromatic carbocycles. The lowest BCUT2D eigenvalue weighted by Gasteiger charge is -2.11. The van der Waals surface area contributed by atoms with Crippen LogP contribution in [-0.2, 0) is 10.0 Å². The van der Waals surface area contributed by atoms with Crippen molar-refractivity contribution in [3.63, 3.8) is 0 Å². The number of nitrogens with zero attached hydrogens (tertiary/aromatic N) is 2. The molecule has 2 N–H and O–H groups in total. The second kappa shape index (κ2) is 5.49. The molecule has 2 aromatic rings. The SMILES string of the molecule is CCOc1ncccc1NS(=O)(=O)c1c(C)n[nH]c1C. The van der Waals surface area contributed by atoms with Crippen molar-refractivity contribution in [2.45, 2.75) is 25.7 Å². The van der Waals surface area contributed by atoms with Gasteiger partial charge in [-0.05, 0) is 32.9 Å². The van der Waals surface area contributed by atoms with E-state index in [1.807, 2.05) is 0 Å². The van der Waals surface area contributed by atoms with Gasteiger partial charge in [0.25, 0.3) is 10.0 Å². The van der Waals surface area contributed by atoms with Gasteiger partial charge in [-0.2, -0.15) is 5.10 Å². The van der Waals surface area contributed by atoms with Gasteiger partial charge in [0.05, 0.1) is 18.0 Å². The first-order chi connectivity index (χ1) is 9.45. The monoisotopic (exact) mass is 296 g/mol. The molecule has 0 aliphatic rings. The number of nitrogens with one attached hydrogen (secondary N) is 2. The topological polar surface area (TPSA) is 97.0 Å². The third-order valence-electron chi connectivity index (χ3n) is 2.63. The molecule has 0 spiro atoms. The summed E-state index contributed by atoms with van der Waals surface area (Å²) in [4.78, 5) is 4.15. The summed E-state index contributed by atoms with van der Waals surface area (Å²) in [5, 5.41) is 6.54. The maximum atomic E-state index is 12.4. The molecule has 0 radical (unpaired) electrons. The number of hydrogen-bond donors (Lipinski definition) is 2. The van der Waals surface area contributed by atoms with Gasteiger partial charge in [0.15, 0.2) is 0 Å². The van der Waals surface area contributed by atoms with Crippen LogP contribution < -0.4 is 9.46 Å². The van der Waals surface area contributed by atoms with Crippen LogP contribution >= 0.6 is 0 Å². The molecule has 0 bridgehead atoms. The first-order valence-electron chi connectivity index (χ1n) is 6.08. The van der Waals surface area contributed by atoms with Gasteiger partial charge >= 0.3 is 0 Å². The summed E-state index contributed by atoms with van der Waals surface area (Å²) in [7, 11) is -3.74. The number of rotatable bonds is 5. The Morgan fingerprint density at radius 1 is 1.40 bits per heavy atom. The zero-order chi connectivity index (χ0) is 14.8. The highest BCUT2D eigenvalue weighted by Gasteiger charge is 2.23. The summed E-state index contributed by atoms with van der Waals surface area (Å²) < 4.78 is 32.6. The van der Waals surface area contributed by atoms with E-state index in [9.17, 15) is 8.42 Å². The number of sulfonamides is 1. The van der Waals surface area contributed by atoms with E-state index in [1.54, 1.807) is 32.9 Å². The minimum Gasteiger partial charge on any atom is -0.476 e. The summed E-state index contributed by atoms with van der Waals surface area (Å²) in [5.74, 6) is 0.248. The Kier molecular flexibility index (Phi) is 3.93. The van der Waals surface area contributed by atoms with Crippen LogP contribution in [0.2, 0.25) is 0 Å². The van der Waals surface area contributed by atoms with Gasteiger partial charge in [0.2, 0.25) is 5.88 Å². The number of aromatic nitrogens is 3. The minimum absolute atomic E-state index is 0.142. The molecule has 2 heterocycles. The molecule has 0 amide bonds. The van der Waals surface area contributed by atoms with Gasteiger partial charge in [0, 0.05) is 6.20 Å². The number of H-pyrrole nitrogens is 1. The Morgan fingerprint density at radius 2 is 2.15 bits per heavy atom. The quantitative estimate of drug-likeness (QED) is 0.874. The van der Waals surface area contributed by atoms with Gasteiger partial charge < -0.3 is 4.74 Å². The third kappa shape index (κ3) is 2.74. The van der Waals surface area contributed by atoms with E-state index >= 15 is 0 Å². The van der Waals surface area contributed by atoms with Crippen molar-refractivity contribution >= 4 is 15.7 Å². The number of aryl methyl sites for hydroxylation is 2. The molecule has 2 aromatic heterocycles. The van der Waals surface area contributed by atoms with Crippen LogP contribution in [0.25, 0.3) is 0 Å². The first-order valence-corrected chi connectivity index (χ1v) is 7.56. The molecule has 20 heavy (non-hydrogen) atoms. The molecule has 8 heteroatoms. The summed E-state index contributed by atoms with van der Waals surface area (Å²) in [5.41, 5.74) is 1.20. The van der Waals surface area contributed by atoms with Gasteiger partial charge in [-0.15, -0.1) is 0 Å². The number of hydrogen-bond acceptors (Lipinski definition) is 5. The van der Waals surface area contributed by atoms with Crippen LogP contribution in [0.5, 0.6) is 5.88 Å². The molecule has 0 saturated carbocycles. The zero-order valence-corrected chi connectivity index (χ0v) is 12.3. The van der Waals surface area contributed by atoms with Gasteiger partial charge in [0.1, 0.15) is 10.6 Å². The fraction of sp³-hybridized carbons (Fsp3) is 0.333. The van der Waals surface area contributed by atoms with Crippen LogP contribution in [0.4, 0.5) is 5.69 Å². The lowest BCUT2D eigenvalue weighted by atomic mass is 10.4. The van der Waals surface area contributed by atoms with Crippen molar-refractivity contribution in [3.8, 4) is 5.88 Å². The largest absolute Gasteiger partial charge is 0.476 e. The van der Waals surface area contributed by atoms with Crippen molar-refractivity contribution in [1.82, 2.24) is 15.2 Å². The molecular weight excluding hydrogens is 280 g/mol. The van der Waals surface area contributed by atoms with Crippen LogP contribution in [0.3, 0.4) is 0 Å². The molecule has 0 saturated heterocycles. The highest BCUT2D eigenvalue weighted by Crippen LogP contribution is 2.26. The first kappa shape index (κ1) is 14.3. The number of aromatic amines is 1. The Labute approximate surface area is 117 Å². The van der Waals surface area contributed by atoms with Gasteiger partial charge in [-0.3, -0.25) is 9.82 Å². The predicted octanol–water partition coefficient (Wildman–Crippen LogP) is 1.62. The molecule has 0 atom stereocenters. The molecule has 0 aliphatic heterocycles. The van der Waals surface area contributed by atoms with Gasteiger partial charge in [-0.1, -0.05) is 0 Å². The van der Waals surface area contributed by atoms with E-state index in [-0.39, 0.29) is 10.8 Å². The third-order valence-corrected chi connectivity index (χ3v) is 4.25. The van der Waals surface area contributed by atoms with E-state index in [0.717, 1.165) is 0 Å². The lowest BCUT2D eigenvalue weighted by molar-refractivity contribution is 0.329. The van der Waals surface area contributed by atoms with E-state index in [1.165, 1.54) is 6.20 Å². The maximum absolute atomic E-state index is 12.4. The van der Waals surface area contributed by atoms with Crippen molar-refractivity contribution in [2.75, 3.05) is 11.3 Å². The maximum Gasteiger partial charge on any atom is 0.265 e. The van der Waals surface area contributed by atoms with Crippen LogP contribution in [0.1, 0.15) is 18.3 Å². The summed E-state index contributed by atoms with van der Waals surface area (Å²) in [6, 6.07) is 3.23. The number of ether oxygens (including phenoxy) is 1. The van der Waals surface area contributed by atoms with Gasteiger partial charge in [-0.25, -0.2) is 13.4 Å². The van der Waals surface area contributed by atoms with Crippen molar-refractivity contribution < 1.29 is 13.2 Å². The van der Waals surface area contributed by atoms with E-state index < -0.39 is 10.0 Å². The summed E-state index contributed by atoms with van der Waals surface area (Å²) in [6.07, 6.45) is 1.54. The van der Waals surface area contributed by atoms with Crippen molar-refractivity contribution in [2.24, 2.45) is 0 Å². The fourth-order valence-electron chi connectivity index (χ4n) is 1.85. The number of pyridine rings is 1. The van der Waals surface area contributed by atoms with E-state index in [0.29, 0.717) is 23.7 Å². The highest BCUT2D eigenvalue weighted by atomic mass is 32.2. The van der Waals surface area contributed by atoms with Crippen molar-refractivity contribution in [1.29, 1.82) is 0 Å². The molecule has 7 nitrogen and oxygen atoms in total. The van der Waals surface area contributed by atoms with Crippen LogP contribution in [0.15, 0.2) is 23.2 Å². The zero-order valence-electron chi connectivity index (χ0n) is 11.5. The molecule has 0 fully saturated rings. The average Bonchev–Trinajstić information content (AvgIpc) is 2.72. The Bertz CT molecular complexity index is 690. The van der Waals surface area contributed by atoms with Crippen LogP contribution in [-0.4, -0.2) is 30.2 Å². The van der Waals surface area contributed by atoms with Crippen LogP contribution in [0, 0.1) is 13.8 Å². The predicted molar refractivity (Wildman–Crippen MR) is 74.3 cm³/mol. The Morgan fingerprint density at radius 3 is 2.75 bits per heavy atom. The molecule has 0 aliphatic carbocycles. The molecule has 2 rings (SSSR count). The summed E-state index contributed by atoms with van der Waals surface area (Å²) in [6.45, 7) is 5.48. The van der Waals surface area contributed by atoms with E-state index in [4.69, 9.17) is 4.74 Å².